The predicted octanol–water partition coefficient (Wildman–Crippen LogP) is 6.25. The second-order valence-electron chi connectivity index (χ2n) is 10.6. The lowest BCUT2D eigenvalue weighted by molar-refractivity contribution is -0.137. The van der Waals surface area contributed by atoms with Crippen LogP contribution >= 0.6 is 0 Å². The van der Waals surface area contributed by atoms with Crippen molar-refractivity contribution in [1.82, 2.24) is 4.90 Å². The summed E-state index contributed by atoms with van der Waals surface area (Å²) in [5, 5.41) is 11.0. The summed E-state index contributed by atoms with van der Waals surface area (Å²) in [7, 11) is 0. The fourth-order valence-corrected chi connectivity index (χ4v) is 5.47. The van der Waals surface area contributed by atoms with Crippen molar-refractivity contribution in [3.8, 4) is 0 Å². The van der Waals surface area contributed by atoms with E-state index in [-0.39, 0.29) is 30.5 Å². The molecule has 40 heavy (non-hydrogen) atoms. The minimum atomic E-state index is -0.684. The van der Waals surface area contributed by atoms with E-state index in [9.17, 15) is 14.3 Å². The van der Waals surface area contributed by atoms with Crippen LogP contribution in [0.5, 0.6) is 0 Å². The number of hydrogen-bond acceptors (Lipinski definition) is 5. The van der Waals surface area contributed by atoms with Crippen LogP contribution in [0.1, 0.15) is 60.1 Å². The summed E-state index contributed by atoms with van der Waals surface area (Å²) in [5.74, 6) is -0.211. The van der Waals surface area contributed by atoms with Gasteiger partial charge in [-0.25, -0.2) is 9.18 Å². The maximum absolute atomic E-state index is 14.3. The van der Waals surface area contributed by atoms with Crippen LogP contribution in [-0.4, -0.2) is 54.4 Å². The lowest BCUT2D eigenvalue weighted by Gasteiger charge is -2.27. The number of nitrogens with zero attached hydrogens (tertiary/aromatic N) is 1. The van der Waals surface area contributed by atoms with E-state index in [1.165, 1.54) is 11.6 Å². The number of esters is 1. The van der Waals surface area contributed by atoms with Crippen molar-refractivity contribution in [2.75, 3.05) is 26.3 Å². The molecule has 1 aliphatic heterocycles. The number of likely N-dealkylation sites (tertiary alicyclic amines) is 1. The first-order valence-corrected chi connectivity index (χ1v) is 14.1. The van der Waals surface area contributed by atoms with E-state index in [0.29, 0.717) is 24.6 Å². The molecule has 1 saturated heterocycles. The first-order chi connectivity index (χ1) is 19.3. The van der Waals surface area contributed by atoms with Crippen molar-refractivity contribution in [2.24, 2.45) is 0 Å². The zero-order chi connectivity index (χ0) is 28.5. The molecule has 1 N–H and O–H groups in total. The second-order valence-corrected chi connectivity index (χ2v) is 10.6. The molecule has 0 aliphatic carbocycles. The second kappa shape index (κ2) is 14.4. The van der Waals surface area contributed by atoms with Crippen molar-refractivity contribution in [3.05, 3.63) is 113 Å². The Labute approximate surface area is 237 Å². The fourth-order valence-electron chi connectivity index (χ4n) is 5.47. The van der Waals surface area contributed by atoms with Crippen LogP contribution < -0.4 is 0 Å². The average molecular weight is 546 g/mol. The average Bonchev–Trinajstić information content (AvgIpc) is 3.35. The van der Waals surface area contributed by atoms with Gasteiger partial charge in [-0.1, -0.05) is 66.7 Å². The smallest absolute Gasteiger partial charge is 0.330 e. The third kappa shape index (κ3) is 8.10. The van der Waals surface area contributed by atoms with Crippen LogP contribution in [0, 0.1) is 12.7 Å². The molecular weight excluding hydrogens is 505 g/mol. The summed E-state index contributed by atoms with van der Waals surface area (Å²) in [6, 6.07) is 23.9. The van der Waals surface area contributed by atoms with Crippen molar-refractivity contribution in [1.29, 1.82) is 0 Å². The number of β-amino-alcohol motifs (C(OH)–C–C–N with tert-alkyl or cyclic N) is 1. The quantitative estimate of drug-likeness (QED) is 0.215. The number of rotatable bonds is 12. The van der Waals surface area contributed by atoms with Crippen LogP contribution in [-0.2, 0) is 20.7 Å². The number of carbonyl (C=O) groups is 1. The summed E-state index contributed by atoms with van der Waals surface area (Å²) in [5.41, 5.74) is 4.71. The Hall–Kier alpha value is -3.32. The highest BCUT2D eigenvalue weighted by molar-refractivity contribution is 5.87. The Morgan fingerprint density at radius 3 is 2.62 bits per heavy atom. The zero-order valence-corrected chi connectivity index (χ0v) is 23.6. The molecule has 212 valence electrons. The van der Waals surface area contributed by atoms with Gasteiger partial charge in [0.05, 0.1) is 25.4 Å². The lowest BCUT2D eigenvalue weighted by atomic mass is 9.94. The van der Waals surface area contributed by atoms with Crippen LogP contribution in [0.3, 0.4) is 0 Å². The molecule has 3 aromatic rings. The summed E-state index contributed by atoms with van der Waals surface area (Å²) >= 11 is 0. The summed E-state index contributed by atoms with van der Waals surface area (Å²) in [6.07, 6.45) is 3.86. The Morgan fingerprint density at radius 2 is 1.88 bits per heavy atom. The van der Waals surface area contributed by atoms with E-state index in [1.807, 2.05) is 49.4 Å². The third-order valence-corrected chi connectivity index (χ3v) is 7.61. The van der Waals surface area contributed by atoms with Crippen LogP contribution in [0.2, 0.25) is 0 Å². The zero-order valence-electron chi connectivity index (χ0n) is 23.6. The first-order valence-electron chi connectivity index (χ1n) is 14.1. The topological polar surface area (TPSA) is 59.0 Å². The first kappa shape index (κ1) is 29.7. The molecule has 0 bridgehead atoms. The largest absolute Gasteiger partial charge is 0.463 e. The van der Waals surface area contributed by atoms with Gasteiger partial charge in [0.15, 0.2) is 0 Å². The Kier molecular flexibility index (Phi) is 10.6. The minimum Gasteiger partial charge on any atom is -0.463 e. The van der Waals surface area contributed by atoms with Gasteiger partial charge >= 0.3 is 5.97 Å². The van der Waals surface area contributed by atoms with Gasteiger partial charge in [0.2, 0.25) is 0 Å². The van der Waals surface area contributed by atoms with Gasteiger partial charge in [0.25, 0.3) is 0 Å². The summed E-state index contributed by atoms with van der Waals surface area (Å²) in [6.45, 7) is 7.30. The highest BCUT2D eigenvalue weighted by Gasteiger charge is 2.34. The number of halogens is 1. The summed E-state index contributed by atoms with van der Waals surface area (Å²) < 4.78 is 25.4. The normalized spacial score (nSPS) is 19.1. The highest BCUT2D eigenvalue weighted by Crippen LogP contribution is 2.34. The van der Waals surface area contributed by atoms with Gasteiger partial charge in [0, 0.05) is 25.2 Å². The molecule has 4 atom stereocenters. The summed E-state index contributed by atoms with van der Waals surface area (Å²) in [4.78, 5) is 14.1. The number of aliphatic hydroxyl groups is 1. The molecular formula is C34H40FNO4. The fraction of sp³-hybridized carbons (Fsp3) is 0.382. The molecule has 5 nitrogen and oxygen atoms in total. The third-order valence-electron chi connectivity index (χ3n) is 7.61. The molecule has 6 heteroatoms. The number of carbonyl (C=O) groups excluding carboxylic acids is 1. The van der Waals surface area contributed by atoms with E-state index in [4.69, 9.17) is 9.47 Å². The molecule has 4 rings (SSSR count). The maximum Gasteiger partial charge on any atom is 0.330 e. The number of hydrogen-bond donors (Lipinski definition) is 1. The number of benzene rings is 3. The van der Waals surface area contributed by atoms with Crippen LogP contribution in [0.25, 0.3) is 6.08 Å². The van der Waals surface area contributed by atoms with Gasteiger partial charge in [-0.05, 0) is 79.5 Å². The monoisotopic (exact) mass is 545 g/mol. The molecule has 1 heterocycles. The van der Waals surface area contributed by atoms with Crippen LogP contribution in [0.4, 0.5) is 4.39 Å². The van der Waals surface area contributed by atoms with E-state index in [1.54, 1.807) is 26.0 Å². The van der Waals surface area contributed by atoms with Gasteiger partial charge in [-0.2, -0.15) is 0 Å². The molecule has 0 radical (unpaired) electrons. The maximum atomic E-state index is 14.3. The number of aliphatic hydroxyl groups excluding tert-OH is 1. The minimum absolute atomic E-state index is 0.176. The highest BCUT2D eigenvalue weighted by atomic mass is 19.1. The SMILES string of the molecule is CCOC(=O)/C=C/c1ccccc1[C@@H](C)OC[C@H](O)CN1C[C@H](c2ccccc2)C[C@H]1Cc1ccc(C)c(F)c1. The van der Waals surface area contributed by atoms with E-state index in [0.717, 1.165) is 36.1 Å². The Bertz CT molecular complexity index is 1280. The lowest BCUT2D eigenvalue weighted by Crippen LogP contribution is -2.39. The molecule has 0 amide bonds. The van der Waals surface area contributed by atoms with Crippen molar-refractivity contribution in [3.63, 3.8) is 0 Å². The van der Waals surface area contributed by atoms with Crippen molar-refractivity contribution < 1.29 is 23.8 Å². The molecule has 0 aromatic heterocycles. The Morgan fingerprint density at radius 1 is 1.12 bits per heavy atom. The van der Waals surface area contributed by atoms with Crippen LogP contribution in [0.15, 0.2) is 78.9 Å². The van der Waals surface area contributed by atoms with E-state index in [2.05, 4.69) is 29.2 Å². The molecule has 3 aromatic carbocycles. The molecule has 0 saturated carbocycles. The number of ether oxygens (including phenoxy) is 2. The molecule has 0 unspecified atom stereocenters. The van der Waals surface area contributed by atoms with E-state index < -0.39 is 6.10 Å². The van der Waals surface area contributed by atoms with Gasteiger partial charge in [-0.3, -0.25) is 4.90 Å². The van der Waals surface area contributed by atoms with Gasteiger partial charge < -0.3 is 14.6 Å². The van der Waals surface area contributed by atoms with Gasteiger partial charge in [0.1, 0.15) is 5.82 Å². The standard InChI is InChI=1S/C34H40FNO4/c1-4-39-34(38)17-16-28-12-8-9-13-32(28)25(3)40-23-31(37)22-36-21-29(27-10-6-5-7-11-27)20-30(36)18-26-15-14-24(2)33(35)19-26/h5-17,19,25,29-31,37H,4,18,20-23H2,1-3H3/b17-16+/t25-,29-,30-,31-/m1/s1. The molecule has 0 spiro atoms. The molecule has 1 fully saturated rings. The van der Waals surface area contributed by atoms with Crippen molar-refractivity contribution >= 4 is 12.0 Å². The molecule has 1 aliphatic rings. The predicted molar refractivity (Wildman–Crippen MR) is 156 cm³/mol. The van der Waals surface area contributed by atoms with Gasteiger partial charge in [-0.15, -0.1) is 0 Å². The number of aryl methyl sites for hydroxylation is 1. The van der Waals surface area contributed by atoms with Crippen molar-refractivity contribution in [2.45, 2.75) is 57.8 Å². The Balaban J connectivity index is 1.40. The van der Waals surface area contributed by atoms with E-state index >= 15 is 0 Å².